The Morgan fingerprint density at radius 1 is 1.11 bits per heavy atom. The second-order valence-electron chi connectivity index (χ2n) is 10.6. The lowest BCUT2D eigenvalue weighted by Gasteiger charge is -2.34. The minimum atomic E-state index is -0.131. The van der Waals surface area contributed by atoms with Crippen molar-refractivity contribution in [1.29, 1.82) is 0 Å². The fourth-order valence-corrected chi connectivity index (χ4v) is 5.31. The molecule has 3 atom stereocenters. The van der Waals surface area contributed by atoms with E-state index < -0.39 is 0 Å². The van der Waals surface area contributed by atoms with Crippen molar-refractivity contribution in [2.45, 2.75) is 71.9 Å². The molecule has 8 heteroatoms. The van der Waals surface area contributed by atoms with Crippen molar-refractivity contribution in [2.24, 2.45) is 11.8 Å². The van der Waals surface area contributed by atoms with Gasteiger partial charge < -0.3 is 20.4 Å². The highest BCUT2D eigenvalue weighted by molar-refractivity contribution is 6.09. The highest BCUT2D eigenvalue weighted by Crippen LogP contribution is 2.37. The van der Waals surface area contributed by atoms with E-state index in [2.05, 4.69) is 38.6 Å². The number of rotatable bonds is 7. The van der Waals surface area contributed by atoms with E-state index >= 15 is 0 Å². The predicted molar refractivity (Wildman–Crippen MR) is 139 cm³/mol. The molecule has 2 fully saturated rings. The molecule has 3 aromatic rings. The number of carbonyl (C=O) groups excluding carboxylic acids is 2. The Morgan fingerprint density at radius 3 is 2.64 bits per heavy atom. The van der Waals surface area contributed by atoms with Gasteiger partial charge in [-0.25, -0.2) is 9.97 Å². The Kier molecular flexibility index (Phi) is 6.69. The smallest absolute Gasteiger partial charge is 0.255 e. The summed E-state index contributed by atoms with van der Waals surface area (Å²) >= 11 is 0. The lowest BCUT2D eigenvalue weighted by atomic mass is 9.82. The molecule has 190 valence electrons. The molecular formula is C28H35N5O3. The molecule has 2 amide bonds. The van der Waals surface area contributed by atoms with Crippen molar-refractivity contribution >= 4 is 22.8 Å². The van der Waals surface area contributed by atoms with Gasteiger partial charge in [0.15, 0.2) is 0 Å². The van der Waals surface area contributed by atoms with Gasteiger partial charge in [0, 0.05) is 30.3 Å². The standard InChI is InChI=1S/C28H35N5O3/c1-15-5-10-23(36-13-19-6-7-19)21(11-15)25-27-26(30-14-29-25)24(17(3)31-27)28(35)33-20-8-9-22(16(2)12-20)32-18(4)34/h5,10-11,14,16,19-20,22,31H,6-9,12-13H2,1-4H3,(H,32,34)(H,33,35)/t16-,20+,22-/m1/s1. The van der Waals surface area contributed by atoms with Crippen molar-refractivity contribution in [3.63, 3.8) is 0 Å². The number of carbonyl (C=O) groups is 2. The predicted octanol–water partition coefficient (Wildman–Crippen LogP) is 4.45. The van der Waals surface area contributed by atoms with Gasteiger partial charge in [-0.2, -0.15) is 0 Å². The minimum absolute atomic E-state index is 0.00560. The van der Waals surface area contributed by atoms with Crippen LogP contribution >= 0.6 is 0 Å². The average Bonchev–Trinajstić information content (AvgIpc) is 3.59. The number of ether oxygens (including phenoxy) is 1. The summed E-state index contributed by atoms with van der Waals surface area (Å²) in [5.74, 6) is 1.60. The number of aryl methyl sites for hydroxylation is 2. The van der Waals surface area contributed by atoms with E-state index in [4.69, 9.17) is 4.74 Å². The van der Waals surface area contributed by atoms with Gasteiger partial charge in [-0.05, 0) is 69.9 Å². The summed E-state index contributed by atoms with van der Waals surface area (Å²) in [7, 11) is 0. The molecule has 36 heavy (non-hydrogen) atoms. The summed E-state index contributed by atoms with van der Waals surface area (Å²) < 4.78 is 6.17. The van der Waals surface area contributed by atoms with Crippen LogP contribution in [-0.2, 0) is 4.79 Å². The zero-order valence-electron chi connectivity index (χ0n) is 21.5. The third kappa shape index (κ3) is 5.08. The van der Waals surface area contributed by atoms with E-state index in [1.165, 1.54) is 19.2 Å². The lowest BCUT2D eigenvalue weighted by Crippen LogP contribution is -2.47. The Hall–Kier alpha value is -3.42. The number of nitrogens with one attached hydrogen (secondary N) is 3. The van der Waals surface area contributed by atoms with Crippen LogP contribution in [0.4, 0.5) is 0 Å². The molecule has 1 aromatic carbocycles. The van der Waals surface area contributed by atoms with E-state index in [1.54, 1.807) is 6.92 Å². The highest BCUT2D eigenvalue weighted by Gasteiger charge is 2.30. The summed E-state index contributed by atoms with van der Waals surface area (Å²) in [5, 5.41) is 6.25. The van der Waals surface area contributed by atoms with Gasteiger partial charge in [0.05, 0.1) is 17.7 Å². The minimum Gasteiger partial charge on any atom is -0.493 e. The number of aromatic nitrogens is 3. The third-order valence-corrected chi connectivity index (χ3v) is 7.45. The molecule has 5 rings (SSSR count). The van der Waals surface area contributed by atoms with Gasteiger partial charge in [-0.15, -0.1) is 0 Å². The van der Waals surface area contributed by atoms with Gasteiger partial charge in [0.1, 0.15) is 23.3 Å². The summed E-state index contributed by atoms with van der Waals surface area (Å²) in [6.45, 7) is 8.34. The quantitative estimate of drug-likeness (QED) is 0.454. The van der Waals surface area contributed by atoms with Gasteiger partial charge in [0.25, 0.3) is 5.91 Å². The van der Waals surface area contributed by atoms with Crippen LogP contribution in [0, 0.1) is 25.7 Å². The maximum Gasteiger partial charge on any atom is 0.255 e. The average molecular weight is 490 g/mol. The van der Waals surface area contributed by atoms with Crippen molar-refractivity contribution in [1.82, 2.24) is 25.6 Å². The topological polar surface area (TPSA) is 109 Å². The second-order valence-corrected chi connectivity index (χ2v) is 10.6. The lowest BCUT2D eigenvalue weighted by molar-refractivity contribution is -0.120. The number of nitrogens with zero attached hydrogens (tertiary/aromatic N) is 2. The molecule has 0 radical (unpaired) electrons. The summed E-state index contributed by atoms with van der Waals surface area (Å²) in [5.41, 5.74) is 5.42. The fraction of sp³-hybridized carbons (Fsp3) is 0.500. The van der Waals surface area contributed by atoms with Crippen LogP contribution in [0.2, 0.25) is 0 Å². The van der Waals surface area contributed by atoms with Gasteiger partial charge in [0.2, 0.25) is 5.91 Å². The molecule has 3 N–H and O–H groups in total. The van der Waals surface area contributed by atoms with E-state index in [1.807, 2.05) is 26.0 Å². The SMILES string of the molecule is CC(=O)N[C@@H]1CC[C@H](NC(=O)c2c(C)[nH]c3c(-c4cc(C)ccc4OCC4CC4)ncnc23)C[C@H]1C. The first-order chi connectivity index (χ1) is 17.3. The number of fused-ring (bicyclic) bond motifs is 1. The van der Waals surface area contributed by atoms with E-state index in [9.17, 15) is 9.59 Å². The van der Waals surface area contributed by atoms with Crippen LogP contribution in [0.5, 0.6) is 5.75 Å². The molecule has 2 aromatic heterocycles. The number of hydrogen-bond acceptors (Lipinski definition) is 5. The normalized spacial score (nSPS) is 21.8. The summed E-state index contributed by atoms with van der Waals surface area (Å²) in [4.78, 5) is 37.4. The zero-order valence-corrected chi connectivity index (χ0v) is 21.5. The van der Waals surface area contributed by atoms with Crippen molar-refractivity contribution in [3.8, 4) is 17.0 Å². The second kappa shape index (κ2) is 9.91. The molecule has 0 unspecified atom stereocenters. The number of amides is 2. The number of H-pyrrole nitrogens is 1. The Morgan fingerprint density at radius 2 is 1.92 bits per heavy atom. The molecule has 0 saturated heterocycles. The first-order valence-electron chi connectivity index (χ1n) is 12.9. The van der Waals surface area contributed by atoms with Crippen LogP contribution in [0.3, 0.4) is 0 Å². The molecule has 8 nitrogen and oxygen atoms in total. The maximum atomic E-state index is 13.4. The van der Waals surface area contributed by atoms with Gasteiger partial charge in [-0.1, -0.05) is 18.6 Å². The summed E-state index contributed by atoms with van der Waals surface area (Å²) in [6.07, 6.45) is 6.47. The molecule has 2 aliphatic carbocycles. The van der Waals surface area contributed by atoms with Gasteiger partial charge in [-0.3, -0.25) is 9.59 Å². The monoisotopic (exact) mass is 489 g/mol. The van der Waals surface area contributed by atoms with E-state index in [0.717, 1.165) is 53.0 Å². The first kappa shape index (κ1) is 24.3. The molecule has 0 bridgehead atoms. The summed E-state index contributed by atoms with van der Waals surface area (Å²) in [6, 6.07) is 6.34. The number of benzene rings is 1. The van der Waals surface area contributed by atoms with Crippen LogP contribution in [-0.4, -0.2) is 45.5 Å². The first-order valence-corrected chi connectivity index (χ1v) is 12.9. The molecule has 2 saturated carbocycles. The number of hydrogen-bond donors (Lipinski definition) is 3. The Bertz CT molecular complexity index is 1300. The van der Waals surface area contributed by atoms with Crippen LogP contribution in [0.1, 0.15) is 67.6 Å². The molecule has 2 aliphatic rings. The molecule has 2 heterocycles. The van der Waals surface area contributed by atoms with Crippen molar-refractivity contribution in [3.05, 3.63) is 41.3 Å². The van der Waals surface area contributed by atoms with Crippen LogP contribution in [0.15, 0.2) is 24.5 Å². The van der Waals surface area contributed by atoms with Crippen LogP contribution in [0.25, 0.3) is 22.3 Å². The zero-order chi connectivity index (χ0) is 25.4. The van der Waals surface area contributed by atoms with Gasteiger partial charge >= 0.3 is 0 Å². The fourth-order valence-electron chi connectivity index (χ4n) is 5.31. The maximum absolute atomic E-state index is 13.4. The van der Waals surface area contributed by atoms with E-state index in [-0.39, 0.29) is 23.9 Å². The molecule has 0 spiro atoms. The molecule has 0 aliphatic heterocycles. The van der Waals surface area contributed by atoms with Crippen LogP contribution < -0.4 is 15.4 Å². The van der Waals surface area contributed by atoms with E-state index in [0.29, 0.717) is 29.5 Å². The Labute approximate surface area is 211 Å². The number of aromatic amines is 1. The largest absolute Gasteiger partial charge is 0.493 e. The Balaban J connectivity index is 1.40. The molecular weight excluding hydrogens is 454 g/mol. The third-order valence-electron chi connectivity index (χ3n) is 7.45. The van der Waals surface area contributed by atoms with Crippen molar-refractivity contribution < 1.29 is 14.3 Å². The van der Waals surface area contributed by atoms with Crippen molar-refractivity contribution in [2.75, 3.05) is 6.61 Å². The highest BCUT2D eigenvalue weighted by atomic mass is 16.5.